The minimum absolute atomic E-state index is 0.187. The summed E-state index contributed by atoms with van der Waals surface area (Å²) in [4.78, 5) is 0. The number of unbranched alkanes of at least 4 members (excludes halogenated alkanes) is 1. The van der Waals surface area contributed by atoms with E-state index in [-0.39, 0.29) is 5.41 Å². The van der Waals surface area contributed by atoms with E-state index in [4.69, 9.17) is 31.4 Å². The molecule has 7 N–H and O–H groups in total. The van der Waals surface area contributed by atoms with Crippen molar-refractivity contribution in [3.05, 3.63) is 0 Å². The number of rotatable bonds is 20. The van der Waals surface area contributed by atoms with Gasteiger partial charge in [0.2, 0.25) is 0 Å². The van der Waals surface area contributed by atoms with Crippen LogP contribution in [0.5, 0.6) is 0 Å². The predicted octanol–water partition coefficient (Wildman–Crippen LogP) is 5.87. The van der Waals surface area contributed by atoms with Gasteiger partial charge in [-0.3, -0.25) is 0 Å². The van der Waals surface area contributed by atoms with Gasteiger partial charge in [-0.15, -0.1) is 0 Å². The summed E-state index contributed by atoms with van der Waals surface area (Å²) >= 11 is 0. The Hall–Kier alpha value is -0.280. The van der Waals surface area contributed by atoms with E-state index >= 15 is 0 Å². The Morgan fingerprint density at radius 2 is 1.45 bits per heavy atom. The number of nitrogens with one attached hydrogen (secondary N) is 1. The molecule has 11 atom stereocenters. The lowest BCUT2D eigenvalue weighted by Gasteiger charge is -2.65. The molecule has 7 nitrogen and oxygen atoms in total. The van der Waals surface area contributed by atoms with Gasteiger partial charge in [0, 0.05) is 25.2 Å². The number of hydrogen-bond acceptors (Lipinski definition) is 7. The molecule has 0 spiro atoms. The first-order valence-corrected chi connectivity index (χ1v) is 19.0. The maximum atomic E-state index is 7.00. The van der Waals surface area contributed by atoms with Gasteiger partial charge in [0.15, 0.2) is 0 Å². The fraction of sp³-hybridized carbons (Fsp3) is 1.00. The lowest BCUT2D eigenvalue weighted by molar-refractivity contribution is -0.227. The maximum absolute atomic E-state index is 7.00. The molecule has 258 valence electrons. The summed E-state index contributed by atoms with van der Waals surface area (Å²) in [6, 6.07) is 0. The summed E-state index contributed by atoms with van der Waals surface area (Å²) in [5.74, 6) is 3.93. The van der Waals surface area contributed by atoms with Crippen LogP contribution in [0.4, 0.5) is 0 Å². The predicted molar refractivity (Wildman–Crippen MR) is 182 cm³/mol. The average molecular weight is 621 g/mol. The van der Waals surface area contributed by atoms with Crippen LogP contribution >= 0.6 is 0 Å². The molecule has 0 aromatic rings. The lowest BCUT2D eigenvalue weighted by atomic mass is 9.43. The highest BCUT2D eigenvalue weighted by Crippen LogP contribution is 2.69. The molecule has 4 rings (SSSR count). The van der Waals surface area contributed by atoms with Crippen molar-refractivity contribution in [2.24, 2.45) is 63.5 Å². The van der Waals surface area contributed by atoms with Gasteiger partial charge in [0.1, 0.15) is 0 Å². The molecule has 4 aliphatic rings. The first-order chi connectivity index (χ1) is 21.3. The Bertz CT molecular complexity index is 818. The van der Waals surface area contributed by atoms with Crippen LogP contribution in [0.15, 0.2) is 0 Å². The minimum Gasteiger partial charge on any atom is -0.378 e. The van der Waals surface area contributed by atoms with Gasteiger partial charge in [0.25, 0.3) is 0 Å². The molecule has 0 amide bonds. The largest absolute Gasteiger partial charge is 0.378 e. The van der Waals surface area contributed by atoms with E-state index in [2.05, 4.69) is 33.0 Å². The van der Waals surface area contributed by atoms with Gasteiger partial charge in [-0.2, -0.15) is 0 Å². The Morgan fingerprint density at radius 1 is 0.773 bits per heavy atom. The van der Waals surface area contributed by atoms with Crippen molar-refractivity contribution in [3.63, 3.8) is 0 Å². The summed E-state index contributed by atoms with van der Waals surface area (Å²) in [6.45, 7) is 16.9. The smallest absolute Gasteiger partial charge is 0.0637 e. The van der Waals surface area contributed by atoms with Crippen molar-refractivity contribution >= 4 is 0 Å². The van der Waals surface area contributed by atoms with Crippen LogP contribution in [0, 0.1) is 46.3 Å². The molecule has 7 heteroatoms. The molecular weight excluding hydrogens is 548 g/mol. The molecule has 4 aliphatic carbocycles. The van der Waals surface area contributed by atoms with Crippen LogP contribution < -0.4 is 22.5 Å². The van der Waals surface area contributed by atoms with Gasteiger partial charge in [0.05, 0.1) is 18.3 Å². The minimum atomic E-state index is 0.187. The fourth-order valence-corrected chi connectivity index (χ4v) is 10.8. The highest BCUT2D eigenvalue weighted by Gasteiger charge is 2.66. The van der Waals surface area contributed by atoms with Gasteiger partial charge in [-0.05, 0) is 157 Å². The highest BCUT2D eigenvalue weighted by atomic mass is 16.5. The third kappa shape index (κ3) is 8.22. The van der Waals surface area contributed by atoms with E-state index in [0.717, 1.165) is 58.6 Å². The molecule has 0 radical (unpaired) electrons. The third-order valence-electron chi connectivity index (χ3n) is 13.2. The second kappa shape index (κ2) is 17.8. The van der Waals surface area contributed by atoms with Gasteiger partial charge in [-0.1, -0.05) is 34.1 Å². The van der Waals surface area contributed by atoms with E-state index in [0.29, 0.717) is 78.9 Å². The molecule has 4 saturated carbocycles. The van der Waals surface area contributed by atoms with Crippen molar-refractivity contribution in [2.75, 3.05) is 52.5 Å². The average Bonchev–Trinajstić information content (AvgIpc) is 3.38. The Balaban J connectivity index is 1.57. The van der Waals surface area contributed by atoms with Gasteiger partial charge < -0.3 is 36.7 Å². The van der Waals surface area contributed by atoms with Crippen molar-refractivity contribution in [2.45, 2.75) is 136 Å². The Labute approximate surface area is 271 Å². The maximum Gasteiger partial charge on any atom is 0.0637 e. The molecule has 0 saturated heterocycles. The van der Waals surface area contributed by atoms with Crippen LogP contribution in [0.2, 0.25) is 0 Å². The Kier molecular flexibility index (Phi) is 14.7. The normalized spacial score (nSPS) is 39.1. The van der Waals surface area contributed by atoms with Gasteiger partial charge in [-0.25, -0.2) is 0 Å². The third-order valence-corrected chi connectivity index (χ3v) is 13.2. The second-order valence-corrected chi connectivity index (χ2v) is 15.7. The quantitative estimate of drug-likeness (QED) is 0.126. The zero-order chi connectivity index (χ0) is 31.6. The van der Waals surface area contributed by atoms with Crippen LogP contribution in [0.25, 0.3) is 0 Å². The fourth-order valence-electron chi connectivity index (χ4n) is 10.8. The van der Waals surface area contributed by atoms with Crippen molar-refractivity contribution in [1.29, 1.82) is 0 Å². The monoisotopic (exact) mass is 621 g/mol. The van der Waals surface area contributed by atoms with E-state index in [1.807, 2.05) is 0 Å². The molecule has 3 unspecified atom stereocenters. The molecule has 0 aliphatic heterocycles. The summed E-state index contributed by atoms with van der Waals surface area (Å²) in [7, 11) is 0. The topological polar surface area (TPSA) is 118 Å². The second-order valence-electron chi connectivity index (χ2n) is 15.7. The van der Waals surface area contributed by atoms with Crippen molar-refractivity contribution < 1.29 is 14.2 Å². The van der Waals surface area contributed by atoms with E-state index < -0.39 is 0 Å². The standard InChI is InChI=1S/C37H72N4O3/c1-5-6-19-41-20-7-11-27(2)30-12-13-31-35-32(26-34(37(30,31)4)44-23-10-18-40)36(3)15-14-29(42-21-8-16-38)24-28(36)25-33(35)43-22-9-17-39/h27-35,41H,5-26,38-40H2,1-4H3/t27-,28?,29-,30-,31+,32+,33-,34+,35?,36+,37?/m1/s1. The van der Waals surface area contributed by atoms with E-state index in [1.165, 1.54) is 64.2 Å². The van der Waals surface area contributed by atoms with Crippen LogP contribution in [0.3, 0.4) is 0 Å². The zero-order valence-electron chi connectivity index (χ0n) is 29.2. The van der Waals surface area contributed by atoms with E-state index in [9.17, 15) is 0 Å². The summed E-state index contributed by atoms with van der Waals surface area (Å²) in [5, 5.41) is 3.68. The molecular formula is C37H72N4O3. The summed E-state index contributed by atoms with van der Waals surface area (Å²) in [5.41, 5.74) is 18.2. The van der Waals surface area contributed by atoms with Crippen molar-refractivity contribution in [3.8, 4) is 0 Å². The molecule has 0 heterocycles. The van der Waals surface area contributed by atoms with Crippen LogP contribution in [-0.4, -0.2) is 70.9 Å². The van der Waals surface area contributed by atoms with Crippen molar-refractivity contribution in [1.82, 2.24) is 5.32 Å². The Morgan fingerprint density at radius 3 is 2.16 bits per heavy atom. The van der Waals surface area contributed by atoms with E-state index in [1.54, 1.807) is 0 Å². The zero-order valence-corrected chi connectivity index (χ0v) is 29.2. The van der Waals surface area contributed by atoms with Gasteiger partial charge >= 0.3 is 0 Å². The van der Waals surface area contributed by atoms with Crippen LogP contribution in [-0.2, 0) is 14.2 Å². The number of nitrogens with two attached hydrogens (primary N) is 3. The first kappa shape index (κ1) is 36.6. The SMILES string of the molecule is CCCCNCCC[C@@H](C)[C@H]1CC[C@H]2C3[C@H](OCCCN)CC4C[C@H](OCCCN)CC[C@]4(C)[C@H]3C[C@H](OCCCN)C12C. The highest BCUT2D eigenvalue weighted by molar-refractivity contribution is 5.15. The summed E-state index contributed by atoms with van der Waals surface area (Å²) in [6.07, 6.45) is 17.5. The molecule has 0 aromatic heterocycles. The molecule has 4 fully saturated rings. The summed E-state index contributed by atoms with van der Waals surface area (Å²) < 4.78 is 20.3. The molecule has 44 heavy (non-hydrogen) atoms. The molecule has 0 aromatic carbocycles. The first-order valence-electron chi connectivity index (χ1n) is 19.0. The number of hydrogen-bond donors (Lipinski definition) is 4. The molecule has 0 bridgehead atoms. The van der Waals surface area contributed by atoms with Crippen LogP contribution in [0.1, 0.15) is 118 Å². The lowest BCUT2D eigenvalue weighted by Crippen LogP contribution is -2.63. The number of fused-ring (bicyclic) bond motifs is 5. The number of ether oxygens (including phenoxy) is 3.